The lowest BCUT2D eigenvalue weighted by Gasteiger charge is -2.02. The Labute approximate surface area is 85.3 Å². The van der Waals surface area contributed by atoms with E-state index in [1.807, 2.05) is 0 Å². The smallest absolute Gasteiger partial charge is 0.149 e. The maximum atomic E-state index is 13.3. The van der Waals surface area contributed by atoms with Crippen molar-refractivity contribution in [2.75, 3.05) is 12.4 Å². The SMILES string of the molecule is CNc1cnn(-c2cc(F)ccc2F)c1. The standard InChI is InChI=1S/C10H9F2N3/c1-13-8-5-14-15(6-8)10-4-7(11)2-3-9(10)12/h2-6,13H,1H3. The summed E-state index contributed by atoms with van der Waals surface area (Å²) in [7, 11) is 1.73. The summed E-state index contributed by atoms with van der Waals surface area (Å²) in [6.45, 7) is 0. The molecule has 0 aliphatic carbocycles. The predicted molar refractivity (Wildman–Crippen MR) is 53.0 cm³/mol. The van der Waals surface area contributed by atoms with Gasteiger partial charge in [0.05, 0.1) is 18.1 Å². The normalized spacial score (nSPS) is 10.3. The summed E-state index contributed by atoms with van der Waals surface area (Å²) < 4.78 is 27.5. The van der Waals surface area contributed by atoms with Gasteiger partial charge in [-0.15, -0.1) is 0 Å². The molecular formula is C10H9F2N3. The number of benzene rings is 1. The summed E-state index contributed by atoms with van der Waals surface area (Å²) in [5.41, 5.74) is 0.829. The highest BCUT2D eigenvalue weighted by atomic mass is 19.1. The van der Waals surface area contributed by atoms with Gasteiger partial charge in [-0.3, -0.25) is 0 Å². The van der Waals surface area contributed by atoms with Crippen LogP contribution in [0.1, 0.15) is 0 Å². The molecule has 0 atom stereocenters. The molecule has 0 amide bonds. The number of hydrogen-bond acceptors (Lipinski definition) is 2. The van der Waals surface area contributed by atoms with Crippen molar-refractivity contribution >= 4 is 5.69 Å². The maximum Gasteiger partial charge on any atom is 0.149 e. The third-order valence-electron chi connectivity index (χ3n) is 2.03. The van der Waals surface area contributed by atoms with E-state index in [1.165, 1.54) is 10.9 Å². The number of rotatable bonds is 2. The predicted octanol–water partition coefficient (Wildman–Crippen LogP) is 2.19. The van der Waals surface area contributed by atoms with Crippen molar-refractivity contribution in [2.24, 2.45) is 0 Å². The van der Waals surface area contributed by atoms with Gasteiger partial charge in [-0.1, -0.05) is 0 Å². The third-order valence-corrected chi connectivity index (χ3v) is 2.03. The molecule has 0 saturated heterocycles. The van der Waals surface area contributed by atoms with Crippen molar-refractivity contribution in [1.82, 2.24) is 9.78 Å². The van der Waals surface area contributed by atoms with Crippen LogP contribution < -0.4 is 5.32 Å². The lowest BCUT2D eigenvalue weighted by Crippen LogP contribution is -1.98. The van der Waals surface area contributed by atoms with E-state index in [0.29, 0.717) is 0 Å². The number of halogens is 2. The first-order chi connectivity index (χ1) is 7.20. The van der Waals surface area contributed by atoms with Crippen LogP contribution in [0.5, 0.6) is 0 Å². The van der Waals surface area contributed by atoms with Crippen LogP contribution in [0, 0.1) is 11.6 Å². The second-order valence-corrected chi connectivity index (χ2v) is 3.02. The molecule has 1 heterocycles. The van der Waals surface area contributed by atoms with E-state index in [-0.39, 0.29) is 5.69 Å². The average molecular weight is 209 g/mol. The van der Waals surface area contributed by atoms with Crippen LogP contribution in [0.3, 0.4) is 0 Å². The highest BCUT2D eigenvalue weighted by molar-refractivity contribution is 5.42. The average Bonchev–Trinajstić information content (AvgIpc) is 2.70. The molecule has 0 radical (unpaired) electrons. The number of nitrogens with one attached hydrogen (secondary N) is 1. The van der Waals surface area contributed by atoms with E-state index in [0.717, 1.165) is 23.9 Å². The first-order valence-corrected chi connectivity index (χ1v) is 4.38. The second kappa shape index (κ2) is 3.68. The first kappa shape index (κ1) is 9.64. The zero-order valence-corrected chi connectivity index (χ0v) is 8.04. The fraction of sp³-hybridized carbons (Fsp3) is 0.100. The van der Waals surface area contributed by atoms with Crippen LogP contribution in [0.2, 0.25) is 0 Å². The Morgan fingerprint density at radius 2 is 2.13 bits per heavy atom. The van der Waals surface area contributed by atoms with Gasteiger partial charge in [0.2, 0.25) is 0 Å². The molecule has 0 bridgehead atoms. The number of hydrogen-bond donors (Lipinski definition) is 1. The molecule has 3 nitrogen and oxygen atoms in total. The van der Waals surface area contributed by atoms with Gasteiger partial charge in [-0.25, -0.2) is 13.5 Å². The minimum absolute atomic E-state index is 0.0940. The molecule has 0 fully saturated rings. The molecule has 2 aromatic rings. The summed E-state index contributed by atoms with van der Waals surface area (Å²) in [6, 6.07) is 3.24. The Morgan fingerprint density at radius 1 is 1.33 bits per heavy atom. The van der Waals surface area contributed by atoms with Crippen molar-refractivity contribution in [3.63, 3.8) is 0 Å². The van der Waals surface area contributed by atoms with E-state index < -0.39 is 11.6 Å². The van der Waals surface area contributed by atoms with E-state index in [2.05, 4.69) is 10.4 Å². The molecule has 1 N–H and O–H groups in total. The molecule has 0 unspecified atom stereocenters. The van der Waals surface area contributed by atoms with Gasteiger partial charge < -0.3 is 5.32 Å². The second-order valence-electron chi connectivity index (χ2n) is 3.02. The Bertz CT molecular complexity index is 479. The summed E-state index contributed by atoms with van der Waals surface area (Å²) in [6.07, 6.45) is 3.11. The fourth-order valence-corrected chi connectivity index (χ4v) is 1.25. The summed E-state index contributed by atoms with van der Waals surface area (Å²) >= 11 is 0. The minimum Gasteiger partial charge on any atom is -0.386 e. The van der Waals surface area contributed by atoms with Crippen LogP contribution in [-0.2, 0) is 0 Å². The van der Waals surface area contributed by atoms with Crippen LogP contribution in [0.15, 0.2) is 30.6 Å². The van der Waals surface area contributed by atoms with Crippen molar-refractivity contribution < 1.29 is 8.78 Å². The lowest BCUT2D eigenvalue weighted by atomic mass is 10.3. The van der Waals surface area contributed by atoms with E-state index >= 15 is 0 Å². The largest absolute Gasteiger partial charge is 0.386 e. The third kappa shape index (κ3) is 1.81. The molecular weight excluding hydrogens is 200 g/mol. The number of anilines is 1. The topological polar surface area (TPSA) is 29.9 Å². The van der Waals surface area contributed by atoms with Crippen molar-refractivity contribution in [3.8, 4) is 5.69 Å². The van der Waals surface area contributed by atoms with Gasteiger partial charge in [0.25, 0.3) is 0 Å². The quantitative estimate of drug-likeness (QED) is 0.821. The van der Waals surface area contributed by atoms with Crippen LogP contribution in [0.4, 0.5) is 14.5 Å². The summed E-state index contributed by atoms with van der Waals surface area (Å²) in [4.78, 5) is 0. The Balaban J connectivity index is 2.48. The van der Waals surface area contributed by atoms with Crippen LogP contribution in [-0.4, -0.2) is 16.8 Å². The van der Waals surface area contributed by atoms with E-state index in [1.54, 1.807) is 13.2 Å². The zero-order chi connectivity index (χ0) is 10.8. The highest BCUT2D eigenvalue weighted by Gasteiger charge is 2.07. The minimum atomic E-state index is -0.512. The molecule has 1 aromatic carbocycles. The fourth-order valence-electron chi connectivity index (χ4n) is 1.25. The molecule has 0 aliphatic heterocycles. The van der Waals surface area contributed by atoms with Crippen molar-refractivity contribution in [3.05, 3.63) is 42.2 Å². The Morgan fingerprint density at radius 3 is 2.80 bits per heavy atom. The molecule has 15 heavy (non-hydrogen) atoms. The van der Waals surface area contributed by atoms with Crippen LogP contribution >= 0.6 is 0 Å². The number of nitrogens with zero attached hydrogens (tertiary/aromatic N) is 2. The monoisotopic (exact) mass is 209 g/mol. The highest BCUT2D eigenvalue weighted by Crippen LogP contribution is 2.16. The van der Waals surface area contributed by atoms with Crippen molar-refractivity contribution in [2.45, 2.75) is 0 Å². The zero-order valence-electron chi connectivity index (χ0n) is 8.04. The molecule has 0 aliphatic rings. The Hall–Kier alpha value is -1.91. The molecule has 0 saturated carbocycles. The van der Waals surface area contributed by atoms with E-state index in [4.69, 9.17) is 0 Å². The van der Waals surface area contributed by atoms with Gasteiger partial charge in [-0.05, 0) is 12.1 Å². The van der Waals surface area contributed by atoms with Crippen LogP contribution in [0.25, 0.3) is 5.69 Å². The molecule has 5 heteroatoms. The molecule has 78 valence electrons. The van der Waals surface area contributed by atoms with Gasteiger partial charge >= 0.3 is 0 Å². The van der Waals surface area contributed by atoms with Gasteiger partial charge in [-0.2, -0.15) is 5.10 Å². The Kier molecular flexibility index (Phi) is 2.37. The first-order valence-electron chi connectivity index (χ1n) is 4.38. The van der Waals surface area contributed by atoms with Gasteiger partial charge in [0.15, 0.2) is 0 Å². The number of aromatic nitrogens is 2. The molecule has 0 spiro atoms. The summed E-state index contributed by atoms with van der Waals surface area (Å²) in [5.74, 6) is -1.00. The van der Waals surface area contributed by atoms with Gasteiger partial charge in [0.1, 0.15) is 17.3 Å². The summed E-state index contributed by atoms with van der Waals surface area (Å²) in [5, 5.41) is 6.76. The maximum absolute atomic E-state index is 13.3. The molecule has 1 aromatic heterocycles. The van der Waals surface area contributed by atoms with Gasteiger partial charge in [0, 0.05) is 13.1 Å². The van der Waals surface area contributed by atoms with E-state index in [9.17, 15) is 8.78 Å². The van der Waals surface area contributed by atoms with Crippen molar-refractivity contribution in [1.29, 1.82) is 0 Å². The lowest BCUT2D eigenvalue weighted by molar-refractivity contribution is 0.587. The molecule has 2 rings (SSSR count).